The Morgan fingerprint density at radius 3 is 2.75 bits per heavy atom. The van der Waals surface area contributed by atoms with Crippen molar-refractivity contribution in [2.45, 2.75) is 51.1 Å². The molecular weight excluding hydrogens is 323 g/mol. The van der Waals surface area contributed by atoms with Crippen LogP contribution in [-0.4, -0.2) is 23.3 Å². The predicted octanol–water partition coefficient (Wildman–Crippen LogP) is 3.90. The number of nitrogens with zero attached hydrogens (tertiary/aromatic N) is 1. The van der Waals surface area contributed by atoms with Gasteiger partial charge in [0.05, 0.1) is 6.61 Å². The van der Waals surface area contributed by atoms with Gasteiger partial charge in [-0.3, -0.25) is 14.6 Å². The first-order valence-corrected chi connectivity index (χ1v) is 8.03. The molecule has 7 heteroatoms. The summed E-state index contributed by atoms with van der Waals surface area (Å²) in [5, 5.41) is 0. The van der Waals surface area contributed by atoms with Crippen LogP contribution in [0.2, 0.25) is 0 Å². The minimum absolute atomic E-state index is 0.0177. The summed E-state index contributed by atoms with van der Waals surface area (Å²) in [5.41, 5.74) is -1.02. The van der Waals surface area contributed by atoms with Crippen molar-refractivity contribution in [2.75, 3.05) is 6.61 Å². The summed E-state index contributed by atoms with van der Waals surface area (Å²) >= 11 is 0. The molecule has 0 bridgehead atoms. The van der Waals surface area contributed by atoms with Crippen LogP contribution in [0.3, 0.4) is 0 Å². The third-order valence-electron chi connectivity index (χ3n) is 4.29. The number of rotatable bonds is 5. The van der Waals surface area contributed by atoms with Crippen molar-refractivity contribution in [3.8, 4) is 0 Å². The van der Waals surface area contributed by atoms with Gasteiger partial charge in [0, 0.05) is 25.0 Å². The molecule has 1 aliphatic rings. The zero-order valence-corrected chi connectivity index (χ0v) is 13.4. The fourth-order valence-corrected chi connectivity index (χ4v) is 3.16. The van der Waals surface area contributed by atoms with Crippen molar-refractivity contribution in [3.05, 3.63) is 29.6 Å². The summed E-state index contributed by atoms with van der Waals surface area (Å²) in [7, 11) is 0. The number of halogens is 3. The standard InChI is InChI=1S/C17H20F3NO3/c1-2-24-15(23)8-6-11-5-7-12(14(22)10-11)13-4-3-9-21-16(13)17(18,19)20/h3-4,9,11-12H,2,5-8,10H2,1H3. The molecular formula is C17H20F3NO3. The Morgan fingerprint density at radius 2 is 2.12 bits per heavy atom. The van der Waals surface area contributed by atoms with E-state index < -0.39 is 17.8 Å². The van der Waals surface area contributed by atoms with Crippen LogP contribution in [0.15, 0.2) is 18.3 Å². The first-order chi connectivity index (χ1) is 11.3. The van der Waals surface area contributed by atoms with Crippen LogP contribution in [-0.2, 0) is 20.5 Å². The van der Waals surface area contributed by atoms with Gasteiger partial charge < -0.3 is 4.74 Å². The Balaban J connectivity index is 2.02. The minimum atomic E-state index is -4.57. The maximum Gasteiger partial charge on any atom is 0.433 e. The summed E-state index contributed by atoms with van der Waals surface area (Å²) in [5.74, 6) is -1.27. The number of hydrogen-bond acceptors (Lipinski definition) is 4. The van der Waals surface area contributed by atoms with Gasteiger partial charge in [0.1, 0.15) is 11.5 Å². The van der Waals surface area contributed by atoms with E-state index in [1.165, 1.54) is 12.1 Å². The molecule has 0 spiro atoms. The van der Waals surface area contributed by atoms with Gasteiger partial charge in [-0.15, -0.1) is 0 Å². The molecule has 1 saturated carbocycles. The van der Waals surface area contributed by atoms with E-state index in [1.807, 2.05) is 0 Å². The van der Waals surface area contributed by atoms with Gasteiger partial charge in [0.2, 0.25) is 0 Å². The van der Waals surface area contributed by atoms with Crippen LogP contribution in [0.5, 0.6) is 0 Å². The van der Waals surface area contributed by atoms with E-state index in [4.69, 9.17) is 4.74 Å². The van der Waals surface area contributed by atoms with Crippen molar-refractivity contribution < 1.29 is 27.5 Å². The number of ether oxygens (including phenoxy) is 1. The molecule has 0 aliphatic heterocycles. The number of alkyl halides is 3. The molecule has 1 aromatic rings. The average molecular weight is 343 g/mol. The molecule has 1 heterocycles. The van der Waals surface area contributed by atoms with Crippen molar-refractivity contribution in [1.82, 2.24) is 4.98 Å². The highest BCUT2D eigenvalue weighted by atomic mass is 19.4. The van der Waals surface area contributed by atoms with Crippen LogP contribution in [0.4, 0.5) is 13.2 Å². The second-order valence-electron chi connectivity index (χ2n) is 5.95. The van der Waals surface area contributed by atoms with Crippen LogP contribution >= 0.6 is 0 Å². The smallest absolute Gasteiger partial charge is 0.433 e. The first-order valence-electron chi connectivity index (χ1n) is 8.03. The number of Topliss-reactive ketones (excluding diaryl/α,β-unsaturated/α-hetero) is 1. The Hall–Kier alpha value is -1.92. The van der Waals surface area contributed by atoms with E-state index in [0.29, 0.717) is 25.9 Å². The normalized spacial score (nSPS) is 21.6. The number of hydrogen-bond donors (Lipinski definition) is 0. The molecule has 0 amide bonds. The summed E-state index contributed by atoms with van der Waals surface area (Å²) in [4.78, 5) is 27.1. The van der Waals surface area contributed by atoms with E-state index in [1.54, 1.807) is 6.92 Å². The number of aromatic nitrogens is 1. The van der Waals surface area contributed by atoms with Crippen molar-refractivity contribution >= 4 is 11.8 Å². The number of carbonyl (C=O) groups excluding carboxylic acids is 2. The van der Waals surface area contributed by atoms with E-state index in [0.717, 1.165) is 6.20 Å². The lowest BCUT2D eigenvalue weighted by Gasteiger charge is -2.28. The maximum atomic E-state index is 13.1. The zero-order valence-electron chi connectivity index (χ0n) is 13.4. The number of ketones is 1. The maximum absolute atomic E-state index is 13.1. The summed E-state index contributed by atoms with van der Waals surface area (Å²) < 4.78 is 44.0. The quantitative estimate of drug-likeness (QED) is 0.761. The van der Waals surface area contributed by atoms with Gasteiger partial charge in [-0.25, -0.2) is 0 Å². The first kappa shape index (κ1) is 18.4. The largest absolute Gasteiger partial charge is 0.466 e. The second-order valence-corrected chi connectivity index (χ2v) is 5.95. The second kappa shape index (κ2) is 7.77. The highest BCUT2D eigenvalue weighted by molar-refractivity contribution is 5.87. The van der Waals surface area contributed by atoms with Crippen molar-refractivity contribution in [1.29, 1.82) is 0 Å². The summed E-state index contributed by atoms with van der Waals surface area (Å²) in [6.07, 6.45) is -1.58. The highest BCUT2D eigenvalue weighted by Gasteiger charge is 2.40. The molecule has 0 N–H and O–H groups in total. The number of pyridine rings is 1. The molecule has 1 fully saturated rings. The Kier molecular flexibility index (Phi) is 5.96. The van der Waals surface area contributed by atoms with Crippen LogP contribution in [0.25, 0.3) is 0 Å². The fraction of sp³-hybridized carbons (Fsp3) is 0.588. The van der Waals surface area contributed by atoms with Crippen LogP contribution < -0.4 is 0 Å². The minimum Gasteiger partial charge on any atom is -0.466 e. The van der Waals surface area contributed by atoms with Gasteiger partial charge >= 0.3 is 12.1 Å². The predicted molar refractivity (Wildman–Crippen MR) is 80.2 cm³/mol. The van der Waals surface area contributed by atoms with E-state index in [2.05, 4.69) is 4.98 Å². The third kappa shape index (κ3) is 4.55. The molecule has 2 atom stereocenters. The summed E-state index contributed by atoms with van der Waals surface area (Å²) in [6.45, 7) is 2.03. The average Bonchev–Trinajstić information content (AvgIpc) is 2.52. The van der Waals surface area contributed by atoms with Gasteiger partial charge in [-0.1, -0.05) is 6.07 Å². The van der Waals surface area contributed by atoms with Crippen molar-refractivity contribution in [3.63, 3.8) is 0 Å². The van der Waals surface area contributed by atoms with Gasteiger partial charge in [0.15, 0.2) is 0 Å². The Labute approximate surface area is 138 Å². The zero-order chi connectivity index (χ0) is 17.7. The highest BCUT2D eigenvalue weighted by Crippen LogP contribution is 2.40. The number of carbonyl (C=O) groups is 2. The lowest BCUT2D eigenvalue weighted by atomic mass is 9.76. The molecule has 0 aromatic carbocycles. The molecule has 2 unspecified atom stereocenters. The third-order valence-corrected chi connectivity index (χ3v) is 4.29. The molecule has 24 heavy (non-hydrogen) atoms. The molecule has 2 rings (SSSR count). The molecule has 0 saturated heterocycles. The Bertz CT molecular complexity index is 601. The van der Waals surface area contributed by atoms with Crippen molar-refractivity contribution in [2.24, 2.45) is 5.92 Å². The topological polar surface area (TPSA) is 56.3 Å². The lowest BCUT2D eigenvalue weighted by Crippen LogP contribution is -2.26. The van der Waals surface area contributed by atoms with E-state index in [9.17, 15) is 22.8 Å². The van der Waals surface area contributed by atoms with Gasteiger partial charge in [0.25, 0.3) is 0 Å². The van der Waals surface area contributed by atoms with E-state index >= 15 is 0 Å². The van der Waals surface area contributed by atoms with Gasteiger partial charge in [-0.05, 0) is 43.7 Å². The fourth-order valence-electron chi connectivity index (χ4n) is 3.16. The molecule has 1 aliphatic carbocycles. The molecule has 4 nitrogen and oxygen atoms in total. The lowest BCUT2D eigenvalue weighted by molar-refractivity contribution is -0.144. The molecule has 132 valence electrons. The number of esters is 1. The summed E-state index contributed by atoms with van der Waals surface area (Å²) in [6, 6.07) is 2.75. The monoisotopic (exact) mass is 343 g/mol. The Morgan fingerprint density at radius 1 is 1.38 bits per heavy atom. The van der Waals surface area contributed by atoms with Crippen LogP contribution in [0, 0.1) is 5.92 Å². The molecule has 1 aromatic heterocycles. The van der Waals surface area contributed by atoms with Gasteiger partial charge in [-0.2, -0.15) is 13.2 Å². The van der Waals surface area contributed by atoms with Crippen LogP contribution in [0.1, 0.15) is 56.2 Å². The SMILES string of the molecule is CCOC(=O)CCC1CCC(c2cccnc2C(F)(F)F)C(=O)C1. The molecule has 0 radical (unpaired) electrons. The van der Waals surface area contributed by atoms with E-state index in [-0.39, 0.29) is 36.1 Å².